The van der Waals surface area contributed by atoms with Crippen LogP contribution in [0.4, 0.5) is 5.69 Å². The fraction of sp³-hybridized carbons (Fsp3) is 0.0769. The quantitative estimate of drug-likeness (QED) is 0.937. The summed E-state index contributed by atoms with van der Waals surface area (Å²) >= 11 is 3.35. The molecule has 1 N–H and O–H groups in total. The highest BCUT2D eigenvalue weighted by atomic mass is 79.9. The number of nitrogens with one attached hydrogen (secondary N) is 1. The van der Waals surface area contributed by atoms with Gasteiger partial charge >= 0.3 is 0 Å². The molecule has 0 atom stereocenters. The van der Waals surface area contributed by atoms with E-state index in [9.17, 15) is 8.42 Å². The Bertz CT molecular complexity index is 654. The van der Waals surface area contributed by atoms with E-state index >= 15 is 0 Å². The van der Waals surface area contributed by atoms with Gasteiger partial charge in [-0.25, -0.2) is 8.42 Å². The zero-order valence-electron chi connectivity index (χ0n) is 9.72. The summed E-state index contributed by atoms with van der Waals surface area (Å²) in [4.78, 5) is 0.248. The van der Waals surface area contributed by atoms with Crippen molar-refractivity contribution in [2.45, 2.75) is 11.8 Å². The van der Waals surface area contributed by atoms with Crippen LogP contribution in [-0.4, -0.2) is 8.42 Å². The summed E-state index contributed by atoms with van der Waals surface area (Å²) in [7, 11) is -3.53. The van der Waals surface area contributed by atoms with Gasteiger partial charge in [0, 0.05) is 4.47 Å². The molecular weight excluding hydrogens is 314 g/mol. The zero-order chi connectivity index (χ0) is 13.2. The molecule has 18 heavy (non-hydrogen) atoms. The first kappa shape index (κ1) is 13.1. The van der Waals surface area contributed by atoms with E-state index in [-0.39, 0.29) is 4.90 Å². The maximum absolute atomic E-state index is 12.1. The molecule has 0 saturated heterocycles. The molecule has 94 valence electrons. The zero-order valence-corrected chi connectivity index (χ0v) is 12.1. The Morgan fingerprint density at radius 2 is 1.72 bits per heavy atom. The summed E-state index contributed by atoms with van der Waals surface area (Å²) in [6.45, 7) is 1.94. The van der Waals surface area contributed by atoms with Gasteiger partial charge in [0.25, 0.3) is 10.0 Å². The largest absolute Gasteiger partial charge is 0.278 e. The van der Waals surface area contributed by atoms with E-state index in [1.807, 2.05) is 19.1 Å². The highest BCUT2D eigenvalue weighted by Gasteiger charge is 2.14. The Balaban J connectivity index is 2.34. The van der Waals surface area contributed by atoms with Gasteiger partial charge in [0.15, 0.2) is 0 Å². The van der Waals surface area contributed by atoms with E-state index in [1.54, 1.807) is 36.4 Å². The van der Waals surface area contributed by atoms with Crippen molar-refractivity contribution >= 4 is 31.6 Å². The van der Waals surface area contributed by atoms with Crippen molar-refractivity contribution in [3.05, 3.63) is 58.6 Å². The Morgan fingerprint density at radius 3 is 2.33 bits per heavy atom. The van der Waals surface area contributed by atoms with Crippen LogP contribution in [0.2, 0.25) is 0 Å². The molecule has 0 aromatic heterocycles. The summed E-state index contributed by atoms with van der Waals surface area (Å²) in [5.74, 6) is 0. The van der Waals surface area contributed by atoms with Crippen molar-refractivity contribution in [3.8, 4) is 0 Å². The van der Waals surface area contributed by atoms with Crippen molar-refractivity contribution in [3.63, 3.8) is 0 Å². The molecule has 0 spiro atoms. The maximum Gasteiger partial charge on any atom is 0.261 e. The van der Waals surface area contributed by atoms with Crippen molar-refractivity contribution in [2.75, 3.05) is 4.72 Å². The van der Waals surface area contributed by atoms with E-state index in [2.05, 4.69) is 20.7 Å². The maximum atomic E-state index is 12.1. The topological polar surface area (TPSA) is 46.2 Å². The molecule has 5 heteroatoms. The van der Waals surface area contributed by atoms with Crippen molar-refractivity contribution in [1.29, 1.82) is 0 Å². The van der Waals surface area contributed by atoms with Gasteiger partial charge in [-0.05, 0) is 52.7 Å². The number of hydrogen-bond acceptors (Lipinski definition) is 2. The second kappa shape index (κ2) is 5.12. The Labute approximate surface area is 115 Å². The molecule has 0 aliphatic heterocycles. The van der Waals surface area contributed by atoms with Gasteiger partial charge in [0.05, 0.1) is 10.6 Å². The van der Waals surface area contributed by atoms with Crippen LogP contribution in [0.3, 0.4) is 0 Å². The van der Waals surface area contributed by atoms with E-state index in [1.165, 1.54) is 0 Å². The van der Waals surface area contributed by atoms with Crippen molar-refractivity contribution < 1.29 is 8.42 Å². The van der Waals surface area contributed by atoms with Crippen molar-refractivity contribution in [1.82, 2.24) is 0 Å². The SMILES string of the molecule is Cc1ccc(NS(=O)(=O)c2ccccc2)c(Br)c1. The second-order valence-electron chi connectivity index (χ2n) is 3.90. The molecule has 0 fully saturated rings. The van der Waals surface area contributed by atoms with Crippen LogP contribution in [-0.2, 0) is 10.0 Å². The van der Waals surface area contributed by atoms with E-state index in [0.29, 0.717) is 5.69 Å². The fourth-order valence-electron chi connectivity index (χ4n) is 1.51. The molecule has 3 nitrogen and oxygen atoms in total. The number of anilines is 1. The molecule has 0 heterocycles. The molecule has 0 aliphatic carbocycles. The number of sulfonamides is 1. The molecule has 2 aromatic rings. The van der Waals surface area contributed by atoms with Gasteiger partial charge in [-0.1, -0.05) is 24.3 Å². The highest BCUT2D eigenvalue weighted by Crippen LogP contribution is 2.25. The molecule has 2 aromatic carbocycles. The third-order valence-corrected chi connectivity index (χ3v) is 4.46. The third-order valence-electron chi connectivity index (χ3n) is 2.42. The first-order valence-corrected chi connectivity index (χ1v) is 7.61. The van der Waals surface area contributed by atoms with Crippen LogP contribution < -0.4 is 4.72 Å². The minimum atomic E-state index is -3.53. The highest BCUT2D eigenvalue weighted by molar-refractivity contribution is 9.10. The second-order valence-corrected chi connectivity index (χ2v) is 6.44. The Hall–Kier alpha value is -1.33. The molecule has 0 radical (unpaired) electrons. The van der Waals surface area contributed by atoms with Gasteiger partial charge in [-0.3, -0.25) is 4.72 Å². The Kier molecular flexibility index (Phi) is 3.73. The van der Waals surface area contributed by atoms with Crippen LogP contribution in [0.1, 0.15) is 5.56 Å². The smallest absolute Gasteiger partial charge is 0.261 e. The monoisotopic (exact) mass is 325 g/mol. The summed E-state index contributed by atoms with van der Waals surface area (Å²) < 4.78 is 27.5. The lowest BCUT2D eigenvalue weighted by molar-refractivity contribution is 0.601. The summed E-state index contributed by atoms with van der Waals surface area (Å²) in [6, 6.07) is 13.7. The van der Waals surface area contributed by atoms with Gasteiger partial charge < -0.3 is 0 Å². The number of benzene rings is 2. The summed E-state index contributed by atoms with van der Waals surface area (Å²) in [5, 5.41) is 0. The van der Waals surface area contributed by atoms with Crippen LogP contribution in [0.5, 0.6) is 0 Å². The van der Waals surface area contributed by atoms with E-state index in [0.717, 1.165) is 10.0 Å². The Morgan fingerprint density at radius 1 is 1.06 bits per heavy atom. The fourth-order valence-corrected chi connectivity index (χ4v) is 3.33. The van der Waals surface area contributed by atoms with Crippen LogP contribution in [0, 0.1) is 6.92 Å². The molecular formula is C13H12BrNO2S. The van der Waals surface area contributed by atoms with Gasteiger partial charge in [0.2, 0.25) is 0 Å². The number of rotatable bonds is 3. The average Bonchev–Trinajstić information content (AvgIpc) is 2.34. The number of hydrogen-bond donors (Lipinski definition) is 1. The average molecular weight is 326 g/mol. The summed E-state index contributed by atoms with van der Waals surface area (Å²) in [6.07, 6.45) is 0. The number of halogens is 1. The predicted molar refractivity (Wildman–Crippen MR) is 76.1 cm³/mol. The van der Waals surface area contributed by atoms with Crippen LogP contribution in [0.15, 0.2) is 57.9 Å². The van der Waals surface area contributed by atoms with Gasteiger partial charge in [-0.2, -0.15) is 0 Å². The first-order valence-electron chi connectivity index (χ1n) is 5.33. The first-order chi connectivity index (χ1) is 8.49. The number of aryl methyl sites for hydroxylation is 1. The molecule has 0 aliphatic rings. The molecule has 0 saturated carbocycles. The predicted octanol–water partition coefficient (Wildman–Crippen LogP) is 3.56. The third kappa shape index (κ3) is 2.91. The lowest BCUT2D eigenvalue weighted by Gasteiger charge is -2.10. The van der Waals surface area contributed by atoms with E-state index < -0.39 is 10.0 Å². The molecule has 0 unspecified atom stereocenters. The lowest BCUT2D eigenvalue weighted by Crippen LogP contribution is -2.13. The molecule has 2 rings (SSSR count). The molecule has 0 bridgehead atoms. The van der Waals surface area contributed by atoms with Crippen molar-refractivity contribution in [2.24, 2.45) is 0 Å². The minimum Gasteiger partial charge on any atom is -0.278 e. The van der Waals surface area contributed by atoms with Gasteiger partial charge in [-0.15, -0.1) is 0 Å². The summed E-state index contributed by atoms with van der Waals surface area (Å²) in [5.41, 5.74) is 1.59. The van der Waals surface area contributed by atoms with Crippen LogP contribution in [0.25, 0.3) is 0 Å². The van der Waals surface area contributed by atoms with E-state index in [4.69, 9.17) is 0 Å². The normalized spacial score (nSPS) is 11.2. The standard InChI is InChI=1S/C13H12BrNO2S/c1-10-7-8-13(12(14)9-10)15-18(16,17)11-5-3-2-4-6-11/h2-9,15H,1H3. The molecule has 0 amide bonds. The van der Waals surface area contributed by atoms with Crippen LogP contribution >= 0.6 is 15.9 Å². The lowest BCUT2D eigenvalue weighted by atomic mass is 10.2. The minimum absolute atomic E-state index is 0.248. The van der Waals surface area contributed by atoms with Gasteiger partial charge in [0.1, 0.15) is 0 Å².